The highest BCUT2D eigenvalue weighted by Crippen LogP contribution is 2.32. The van der Waals surface area contributed by atoms with E-state index in [-0.39, 0.29) is 4.21 Å². The lowest BCUT2D eigenvalue weighted by Gasteiger charge is -2.16. The van der Waals surface area contributed by atoms with Crippen molar-refractivity contribution in [1.29, 1.82) is 0 Å². The predicted molar refractivity (Wildman–Crippen MR) is 73.2 cm³/mol. The second kappa shape index (κ2) is 5.40. The number of carboxylic acids is 1. The number of carboxylic acid groups (broad SMARTS) is 1. The van der Waals surface area contributed by atoms with Crippen LogP contribution in [0.15, 0.2) is 10.3 Å². The number of carbonyl (C=O) groups is 1. The molecule has 0 spiro atoms. The van der Waals surface area contributed by atoms with Crippen molar-refractivity contribution in [3.8, 4) is 0 Å². The van der Waals surface area contributed by atoms with Crippen LogP contribution in [0.2, 0.25) is 4.34 Å². The lowest BCUT2D eigenvalue weighted by molar-refractivity contribution is -0.141. The van der Waals surface area contributed by atoms with Gasteiger partial charge in [-0.3, -0.25) is 4.79 Å². The average molecular weight is 324 g/mol. The van der Waals surface area contributed by atoms with Gasteiger partial charge in [-0.2, -0.15) is 0 Å². The summed E-state index contributed by atoms with van der Waals surface area (Å²) in [4.78, 5) is 11.0. The lowest BCUT2D eigenvalue weighted by atomic mass is 10.1. The second-order valence-electron chi connectivity index (χ2n) is 4.63. The molecule has 106 valence electrons. The number of hydrogen-bond acceptors (Lipinski definition) is 4. The maximum atomic E-state index is 12.2. The summed E-state index contributed by atoms with van der Waals surface area (Å²) in [7, 11) is -3.69. The molecule has 0 radical (unpaired) electrons. The van der Waals surface area contributed by atoms with Gasteiger partial charge in [-0.15, -0.1) is 11.3 Å². The monoisotopic (exact) mass is 323 g/mol. The molecular formula is C11H14ClNO4S2. The molecule has 1 aliphatic carbocycles. The van der Waals surface area contributed by atoms with Crippen molar-refractivity contribution in [2.24, 2.45) is 5.92 Å². The smallest absolute Gasteiger partial charge is 0.308 e. The van der Waals surface area contributed by atoms with Gasteiger partial charge in [0.15, 0.2) is 0 Å². The Morgan fingerprint density at radius 1 is 1.53 bits per heavy atom. The van der Waals surface area contributed by atoms with Gasteiger partial charge in [-0.05, 0) is 31.4 Å². The van der Waals surface area contributed by atoms with Crippen molar-refractivity contribution in [3.63, 3.8) is 0 Å². The largest absolute Gasteiger partial charge is 0.481 e. The van der Waals surface area contributed by atoms with Crippen molar-refractivity contribution in [3.05, 3.63) is 16.0 Å². The number of thiophene rings is 1. The third kappa shape index (κ3) is 3.10. The minimum absolute atomic E-state index is 0.131. The first-order valence-electron chi connectivity index (χ1n) is 5.82. The van der Waals surface area contributed by atoms with E-state index in [0.29, 0.717) is 29.2 Å². The summed E-state index contributed by atoms with van der Waals surface area (Å²) < 4.78 is 27.4. The third-order valence-corrected chi connectivity index (χ3v) is 6.76. The Hall–Kier alpha value is -0.630. The molecule has 0 bridgehead atoms. The van der Waals surface area contributed by atoms with Crippen molar-refractivity contribution in [1.82, 2.24) is 4.72 Å². The molecule has 0 amide bonds. The van der Waals surface area contributed by atoms with E-state index >= 15 is 0 Å². The van der Waals surface area contributed by atoms with Crippen LogP contribution in [0.1, 0.15) is 24.8 Å². The Morgan fingerprint density at radius 3 is 2.74 bits per heavy atom. The maximum absolute atomic E-state index is 12.2. The predicted octanol–water partition coefficient (Wildman–Crippen LogP) is 2.24. The summed E-state index contributed by atoms with van der Waals surface area (Å²) in [5.74, 6) is -1.60. The van der Waals surface area contributed by atoms with Crippen molar-refractivity contribution < 1.29 is 18.3 Å². The number of nitrogens with one attached hydrogen (secondary N) is 1. The molecule has 1 aromatic rings. The third-order valence-electron chi connectivity index (χ3n) is 3.24. The Labute approximate surface area is 120 Å². The quantitative estimate of drug-likeness (QED) is 0.890. The summed E-state index contributed by atoms with van der Waals surface area (Å²) in [6.07, 6.45) is 1.77. The molecule has 1 heterocycles. The molecular weight excluding hydrogens is 310 g/mol. The summed E-state index contributed by atoms with van der Waals surface area (Å²) in [6.45, 7) is 1.73. The molecule has 1 saturated carbocycles. The first kappa shape index (κ1) is 14.8. The molecule has 8 heteroatoms. The summed E-state index contributed by atoms with van der Waals surface area (Å²) >= 11 is 6.85. The Morgan fingerprint density at radius 2 is 2.21 bits per heavy atom. The van der Waals surface area contributed by atoms with E-state index in [1.807, 2.05) is 0 Å². The first-order valence-corrected chi connectivity index (χ1v) is 8.50. The van der Waals surface area contributed by atoms with E-state index in [1.54, 1.807) is 6.92 Å². The van der Waals surface area contributed by atoms with Crippen LogP contribution in [-0.2, 0) is 14.8 Å². The molecule has 1 aromatic heterocycles. The van der Waals surface area contributed by atoms with Gasteiger partial charge in [0, 0.05) is 6.04 Å². The highest BCUT2D eigenvalue weighted by Gasteiger charge is 2.36. The highest BCUT2D eigenvalue weighted by molar-refractivity contribution is 7.91. The number of aryl methyl sites for hydroxylation is 1. The van der Waals surface area contributed by atoms with Crippen molar-refractivity contribution >= 4 is 38.9 Å². The zero-order valence-corrected chi connectivity index (χ0v) is 12.6. The van der Waals surface area contributed by atoms with E-state index in [1.165, 1.54) is 6.07 Å². The molecule has 0 aromatic carbocycles. The Kier molecular flexibility index (Phi) is 4.20. The summed E-state index contributed by atoms with van der Waals surface area (Å²) in [6, 6.07) is 0.962. The van der Waals surface area contributed by atoms with Gasteiger partial charge in [-0.1, -0.05) is 18.0 Å². The van der Waals surface area contributed by atoms with Crippen LogP contribution < -0.4 is 4.72 Å². The molecule has 19 heavy (non-hydrogen) atoms. The topological polar surface area (TPSA) is 83.5 Å². The van der Waals surface area contributed by atoms with E-state index in [2.05, 4.69) is 4.72 Å². The van der Waals surface area contributed by atoms with Gasteiger partial charge in [-0.25, -0.2) is 13.1 Å². The van der Waals surface area contributed by atoms with Crippen LogP contribution >= 0.6 is 22.9 Å². The van der Waals surface area contributed by atoms with Crippen LogP contribution in [-0.4, -0.2) is 25.5 Å². The highest BCUT2D eigenvalue weighted by atomic mass is 35.5. The number of hydrogen-bond donors (Lipinski definition) is 2. The van der Waals surface area contributed by atoms with Crippen molar-refractivity contribution in [2.75, 3.05) is 0 Å². The molecule has 5 nitrogen and oxygen atoms in total. The number of halogens is 1. The average Bonchev–Trinajstić information content (AvgIpc) is 2.87. The van der Waals surface area contributed by atoms with Gasteiger partial charge < -0.3 is 5.11 Å². The van der Waals surface area contributed by atoms with Gasteiger partial charge in [0.25, 0.3) is 0 Å². The Balaban J connectivity index is 2.20. The first-order chi connectivity index (χ1) is 8.81. The Bertz CT molecular complexity index is 576. The van der Waals surface area contributed by atoms with Crippen LogP contribution in [0.3, 0.4) is 0 Å². The molecule has 2 atom stereocenters. The minimum atomic E-state index is -3.69. The van der Waals surface area contributed by atoms with Crippen LogP contribution in [0.25, 0.3) is 0 Å². The van der Waals surface area contributed by atoms with Crippen LogP contribution in [0.4, 0.5) is 0 Å². The molecule has 1 fully saturated rings. The zero-order chi connectivity index (χ0) is 14.2. The molecule has 2 N–H and O–H groups in total. The van der Waals surface area contributed by atoms with E-state index in [9.17, 15) is 13.2 Å². The SMILES string of the molecule is Cc1cc(S(=O)(=O)NC2CCCC2C(=O)O)sc1Cl. The lowest BCUT2D eigenvalue weighted by Crippen LogP contribution is -2.39. The molecule has 0 aliphatic heterocycles. The van der Waals surface area contributed by atoms with Gasteiger partial charge in [0.05, 0.1) is 10.3 Å². The second-order valence-corrected chi connectivity index (χ2v) is 8.22. The fourth-order valence-electron chi connectivity index (χ4n) is 2.22. The molecule has 0 saturated heterocycles. The van der Waals surface area contributed by atoms with Gasteiger partial charge in [0.2, 0.25) is 10.0 Å². The van der Waals surface area contributed by atoms with Crippen molar-refractivity contribution in [2.45, 2.75) is 36.4 Å². The van der Waals surface area contributed by atoms with E-state index in [4.69, 9.17) is 16.7 Å². The fourth-order valence-corrected chi connectivity index (χ4v) is 5.25. The number of aliphatic carboxylic acids is 1. The fraction of sp³-hybridized carbons (Fsp3) is 0.545. The molecule has 2 rings (SSSR count). The standard InChI is InChI=1S/C11H14ClNO4S2/c1-6-5-9(18-10(6)12)19(16,17)13-8-4-2-3-7(8)11(14)15/h5,7-8,13H,2-4H2,1H3,(H,14,15). The van der Waals surface area contributed by atoms with Gasteiger partial charge >= 0.3 is 5.97 Å². The van der Waals surface area contributed by atoms with E-state index in [0.717, 1.165) is 11.3 Å². The van der Waals surface area contributed by atoms with Crippen LogP contribution in [0, 0.1) is 12.8 Å². The summed E-state index contributed by atoms with van der Waals surface area (Å²) in [5.41, 5.74) is 0.702. The minimum Gasteiger partial charge on any atom is -0.481 e. The maximum Gasteiger partial charge on any atom is 0.308 e. The number of sulfonamides is 1. The summed E-state index contributed by atoms with van der Waals surface area (Å²) in [5, 5.41) is 9.05. The molecule has 1 aliphatic rings. The molecule has 2 unspecified atom stereocenters. The normalized spacial score (nSPS) is 23.7. The number of rotatable bonds is 4. The zero-order valence-electron chi connectivity index (χ0n) is 10.2. The van der Waals surface area contributed by atoms with Crippen LogP contribution in [0.5, 0.6) is 0 Å². The van der Waals surface area contributed by atoms with Gasteiger partial charge in [0.1, 0.15) is 4.21 Å². The van der Waals surface area contributed by atoms with E-state index < -0.39 is 28.0 Å².